The van der Waals surface area contributed by atoms with E-state index in [4.69, 9.17) is 5.73 Å². The molecule has 1 rings (SSSR count). The van der Waals surface area contributed by atoms with Gasteiger partial charge < -0.3 is 11.1 Å². The summed E-state index contributed by atoms with van der Waals surface area (Å²) in [5.41, 5.74) is 6.56. The van der Waals surface area contributed by atoms with E-state index in [0.29, 0.717) is 13.1 Å². The smallest absolute Gasteiger partial charge is 0.261 e. The highest BCUT2D eigenvalue weighted by molar-refractivity contribution is 7.14. The Morgan fingerprint density at radius 3 is 2.62 bits per heavy atom. The van der Waals surface area contributed by atoms with Crippen molar-refractivity contribution in [3.8, 4) is 0 Å². The maximum absolute atomic E-state index is 11.6. The van der Waals surface area contributed by atoms with E-state index >= 15 is 0 Å². The number of carbonyl (C=O) groups excluding carboxylic acids is 1. The van der Waals surface area contributed by atoms with Crippen LogP contribution in [-0.2, 0) is 0 Å². The molecule has 1 heterocycles. The fourth-order valence-electron chi connectivity index (χ4n) is 1.24. The van der Waals surface area contributed by atoms with Crippen molar-refractivity contribution in [1.29, 1.82) is 0 Å². The van der Waals surface area contributed by atoms with E-state index in [1.54, 1.807) is 11.3 Å². The summed E-state index contributed by atoms with van der Waals surface area (Å²) < 4.78 is 0. The van der Waals surface area contributed by atoms with Crippen molar-refractivity contribution in [3.05, 3.63) is 21.4 Å². The molecule has 0 spiro atoms. The van der Waals surface area contributed by atoms with E-state index in [-0.39, 0.29) is 18.3 Å². The van der Waals surface area contributed by atoms with Gasteiger partial charge in [-0.2, -0.15) is 0 Å². The highest BCUT2D eigenvalue weighted by atomic mass is 35.5. The first-order valence-corrected chi connectivity index (χ1v) is 6.02. The number of unbranched alkanes of at least 4 members (excludes halogenated alkanes) is 1. The summed E-state index contributed by atoms with van der Waals surface area (Å²) in [6.45, 7) is 5.46. The molecule has 0 unspecified atom stereocenters. The molecule has 0 aliphatic carbocycles. The van der Waals surface area contributed by atoms with Crippen LogP contribution < -0.4 is 11.1 Å². The highest BCUT2D eigenvalue weighted by Crippen LogP contribution is 2.20. The molecule has 0 saturated heterocycles. The average molecular weight is 263 g/mol. The Hall–Kier alpha value is -0.580. The van der Waals surface area contributed by atoms with Crippen molar-refractivity contribution >= 4 is 29.7 Å². The van der Waals surface area contributed by atoms with Crippen LogP contribution in [0.4, 0.5) is 0 Å². The Kier molecular flexibility index (Phi) is 7.38. The van der Waals surface area contributed by atoms with Crippen molar-refractivity contribution in [3.63, 3.8) is 0 Å². The van der Waals surface area contributed by atoms with Gasteiger partial charge in [0.25, 0.3) is 5.91 Å². The van der Waals surface area contributed by atoms with E-state index in [9.17, 15) is 4.79 Å². The summed E-state index contributed by atoms with van der Waals surface area (Å²) in [5.74, 6) is 0.0354. The molecular formula is C11H19ClN2OS. The Bertz CT molecular complexity index is 319. The van der Waals surface area contributed by atoms with Gasteiger partial charge in [-0.1, -0.05) is 0 Å². The maximum Gasteiger partial charge on any atom is 0.261 e. The van der Waals surface area contributed by atoms with Gasteiger partial charge in [-0.05, 0) is 44.9 Å². The molecule has 0 fully saturated rings. The van der Waals surface area contributed by atoms with Gasteiger partial charge in [-0.3, -0.25) is 4.79 Å². The third-order valence-corrected chi connectivity index (χ3v) is 3.46. The molecule has 0 saturated carbocycles. The minimum Gasteiger partial charge on any atom is -0.351 e. The zero-order chi connectivity index (χ0) is 11.3. The molecule has 0 bridgehead atoms. The number of thiophene rings is 1. The molecule has 3 nitrogen and oxygen atoms in total. The largest absolute Gasteiger partial charge is 0.351 e. The van der Waals surface area contributed by atoms with Gasteiger partial charge >= 0.3 is 0 Å². The molecule has 1 aromatic heterocycles. The Balaban J connectivity index is 0.00000225. The van der Waals surface area contributed by atoms with Crippen LogP contribution in [0.15, 0.2) is 6.07 Å². The molecule has 0 aromatic carbocycles. The lowest BCUT2D eigenvalue weighted by atomic mass is 10.2. The lowest BCUT2D eigenvalue weighted by molar-refractivity contribution is 0.0957. The summed E-state index contributed by atoms with van der Waals surface area (Å²) in [5, 5.41) is 2.89. The lowest BCUT2D eigenvalue weighted by Crippen LogP contribution is -2.23. The molecule has 92 valence electrons. The van der Waals surface area contributed by atoms with Crippen LogP contribution >= 0.6 is 23.7 Å². The van der Waals surface area contributed by atoms with Gasteiger partial charge in [-0.25, -0.2) is 0 Å². The first kappa shape index (κ1) is 15.4. The van der Waals surface area contributed by atoms with Gasteiger partial charge in [0.15, 0.2) is 0 Å². The summed E-state index contributed by atoms with van der Waals surface area (Å²) in [7, 11) is 0. The second-order valence-corrected chi connectivity index (χ2v) is 4.86. The van der Waals surface area contributed by atoms with Crippen LogP contribution in [0.25, 0.3) is 0 Å². The molecule has 0 aliphatic rings. The number of aryl methyl sites for hydroxylation is 2. The third kappa shape index (κ3) is 4.51. The fourth-order valence-corrected chi connectivity index (χ4v) is 2.19. The minimum absolute atomic E-state index is 0. The SMILES string of the molecule is Cc1cc(C(=O)NCCCCN)sc1C.Cl. The maximum atomic E-state index is 11.6. The second-order valence-electron chi connectivity index (χ2n) is 3.60. The number of amides is 1. The first-order chi connectivity index (χ1) is 7.15. The van der Waals surface area contributed by atoms with Gasteiger partial charge in [-0.15, -0.1) is 23.7 Å². The minimum atomic E-state index is 0. The summed E-state index contributed by atoms with van der Waals surface area (Å²) >= 11 is 1.55. The molecule has 1 aromatic rings. The first-order valence-electron chi connectivity index (χ1n) is 5.20. The predicted molar refractivity (Wildman–Crippen MR) is 71.7 cm³/mol. The number of halogens is 1. The van der Waals surface area contributed by atoms with Gasteiger partial charge in [0, 0.05) is 11.4 Å². The third-order valence-electron chi connectivity index (χ3n) is 2.31. The topological polar surface area (TPSA) is 55.1 Å². The number of rotatable bonds is 5. The Labute approximate surface area is 107 Å². The second kappa shape index (κ2) is 7.65. The molecule has 0 atom stereocenters. The summed E-state index contributed by atoms with van der Waals surface area (Å²) in [4.78, 5) is 13.7. The van der Waals surface area contributed by atoms with Crippen molar-refractivity contribution in [1.82, 2.24) is 5.32 Å². The van der Waals surface area contributed by atoms with Gasteiger partial charge in [0.1, 0.15) is 0 Å². The molecule has 0 aliphatic heterocycles. The summed E-state index contributed by atoms with van der Waals surface area (Å²) in [6, 6.07) is 1.94. The molecule has 1 amide bonds. The number of nitrogens with two attached hydrogens (primary N) is 1. The van der Waals surface area contributed by atoms with Gasteiger partial charge in [0.2, 0.25) is 0 Å². The molecule has 0 radical (unpaired) electrons. The van der Waals surface area contributed by atoms with Gasteiger partial charge in [0.05, 0.1) is 4.88 Å². The normalized spacial score (nSPS) is 9.69. The summed E-state index contributed by atoms with van der Waals surface area (Å²) in [6.07, 6.45) is 1.91. The molecule has 16 heavy (non-hydrogen) atoms. The number of hydrogen-bond acceptors (Lipinski definition) is 3. The molecule has 3 N–H and O–H groups in total. The Morgan fingerprint density at radius 2 is 2.12 bits per heavy atom. The zero-order valence-electron chi connectivity index (χ0n) is 9.71. The van der Waals surface area contributed by atoms with E-state index in [1.165, 1.54) is 10.4 Å². The molecular weight excluding hydrogens is 244 g/mol. The van der Waals surface area contributed by atoms with Crippen LogP contribution in [0.3, 0.4) is 0 Å². The van der Waals surface area contributed by atoms with E-state index < -0.39 is 0 Å². The zero-order valence-corrected chi connectivity index (χ0v) is 11.3. The van der Waals surface area contributed by atoms with E-state index in [0.717, 1.165) is 17.7 Å². The predicted octanol–water partition coefficient (Wildman–Crippen LogP) is 2.26. The monoisotopic (exact) mass is 262 g/mol. The van der Waals surface area contributed by atoms with E-state index in [1.807, 2.05) is 19.9 Å². The van der Waals surface area contributed by atoms with Crippen LogP contribution in [0, 0.1) is 13.8 Å². The number of nitrogens with one attached hydrogen (secondary N) is 1. The van der Waals surface area contributed by atoms with Crippen LogP contribution in [0.1, 0.15) is 33.0 Å². The van der Waals surface area contributed by atoms with E-state index in [2.05, 4.69) is 5.32 Å². The van der Waals surface area contributed by atoms with Crippen molar-refractivity contribution < 1.29 is 4.79 Å². The van der Waals surface area contributed by atoms with Crippen molar-refractivity contribution in [2.45, 2.75) is 26.7 Å². The average Bonchev–Trinajstić information content (AvgIpc) is 2.54. The Morgan fingerprint density at radius 1 is 1.44 bits per heavy atom. The standard InChI is InChI=1S/C11H18N2OS.ClH/c1-8-7-10(15-9(8)2)11(14)13-6-4-3-5-12;/h7H,3-6,12H2,1-2H3,(H,13,14);1H. The highest BCUT2D eigenvalue weighted by Gasteiger charge is 2.09. The van der Waals surface area contributed by atoms with Crippen molar-refractivity contribution in [2.75, 3.05) is 13.1 Å². The number of carbonyl (C=O) groups is 1. The van der Waals surface area contributed by atoms with Crippen molar-refractivity contribution in [2.24, 2.45) is 5.73 Å². The lowest BCUT2D eigenvalue weighted by Gasteiger charge is -2.01. The quantitative estimate of drug-likeness (QED) is 0.800. The molecule has 5 heteroatoms. The van der Waals surface area contributed by atoms with Crippen LogP contribution in [-0.4, -0.2) is 19.0 Å². The van der Waals surface area contributed by atoms with Crippen LogP contribution in [0.2, 0.25) is 0 Å². The van der Waals surface area contributed by atoms with Crippen LogP contribution in [0.5, 0.6) is 0 Å². The fraction of sp³-hybridized carbons (Fsp3) is 0.545. The number of hydrogen-bond donors (Lipinski definition) is 2.